The molecule has 1 atom stereocenters. The molecule has 8 heteroatoms. The molecule has 0 spiro atoms. The highest BCUT2D eigenvalue weighted by atomic mass is 19.4. The topological polar surface area (TPSA) is 67.8 Å². The van der Waals surface area contributed by atoms with Gasteiger partial charge in [-0.3, -0.25) is 4.79 Å². The summed E-state index contributed by atoms with van der Waals surface area (Å²) in [5, 5.41) is 11.7. The Kier molecular flexibility index (Phi) is 11.9. The van der Waals surface area contributed by atoms with Gasteiger partial charge in [0.1, 0.15) is 24.2 Å². The number of amides is 1. The molecule has 0 fully saturated rings. The Morgan fingerprint density at radius 3 is 2.27 bits per heavy atom. The highest BCUT2D eigenvalue weighted by Gasteiger charge is 2.30. The number of hydrogen-bond donors (Lipinski definition) is 2. The summed E-state index contributed by atoms with van der Waals surface area (Å²) in [5.74, 6) is 0.989. The van der Waals surface area contributed by atoms with Gasteiger partial charge in [0.15, 0.2) is 0 Å². The third kappa shape index (κ3) is 9.90. The van der Waals surface area contributed by atoms with E-state index in [9.17, 15) is 18.0 Å². The van der Waals surface area contributed by atoms with Crippen LogP contribution in [0.4, 0.5) is 13.2 Å². The smallest absolute Gasteiger partial charge is 0.416 e. The van der Waals surface area contributed by atoms with Crippen molar-refractivity contribution in [3.63, 3.8) is 0 Å². The first-order chi connectivity index (χ1) is 19.2. The van der Waals surface area contributed by atoms with E-state index in [1.165, 1.54) is 0 Å². The predicted molar refractivity (Wildman–Crippen MR) is 150 cm³/mol. The fraction of sp³-hybridized carbons (Fsp3) is 0.406. The van der Waals surface area contributed by atoms with Crippen molar-refractivity contribution in [2.75, 3.05) is 13.2 Å². The van der Waals surface area contributed by atoms with Gasteiger partial charge in [-0.25, -0.2) is 0 Å². The third-order valence-corrected chi connectivity index (χ3v) is 6.46. The molecule has 0 aliphatic heterocycles. The van der Waals surface area contributed by atoms with E-state index < -0.39 is 11.7 Å². The van der Waals surface area contributed by atoms with E-state index in [1.54, 1.807) is 49.4 Å². The Bertz CT molecular complexity index is 1190. The van der Waals surface area contributed by atoms with E-state index in [4.69, 9.17) is 14.6 Å². The normalized spacial score (nSPS) is 12.2. The van der Waals surface area contributed by atoms with E-state index in [1.807, 2.05) is 12.1 Å². The van der Waals surface area contributed by atoms with Gasteiger partial charge in [0.2, 0.25) is 0 Å². The third-order valence-electron chi connectivity index (χ3n) is 6.46. The number of aliphatic hydroxyl groups is 1. The number of unbranched alkanes of at least 4 members (excludes halogenated alkanes) is 3. The summed E-state index contributed by atoms with van der Waals surface area (Å²) in [4.78, 5) is 12.3. The number of benzene rings is 3. The first kappa shape index (κ1) is 31.0. The summed E-state index contributed by atoms with van der Waals surface area (Å²) in [6, 6.07) is 18.3. The van der Waals surface area contributed by atoms with Crippen LogP contribution in [0, 0.1) is 6.92 Å². The van der Waals surface area contributed by atoms with Crippen LogP contribution in [0.3, 0.4) is 0 Å². The lowest BCUT2D eigenvalue weighted by atomic mass is 10.0. The Labute approximate surface area is 234 Å². The summed E-state index contributed by atoms with van der Waals surface area (Å²) in [6.07, 6.45) is 1.09. The molecule has 0 aliphatic carbocycles. The molecule has 216 valence electrons. The Hall–Kier alpha value is -3.52. The number of aliphatic hydroxyl groups excluding tert-OH is 1. The quantitative estimate of drug-likeness (QED) is 0.187. The van der Waals surface area contributed by atoms with Gasteiger partial charge in [-0.15, -0.1) is 0 Å². The highest BCUT2D eigenvalue weighted by molar-refractivity contribution is 5.94. The van der Waals surface area contributed by atoms with Crippen LogP contribution in [-0.2, 0) is 12.8 Å². The largest absolute Gasteiger partial charge is 0.489 e. The van der Waals surface area contributed by atoms with Crippen molar-refractivity contribution in [2.24, 2.45) is 0 Å². The number of ether oxygens (including phenoxy) is 2. The van der Waals surface area contributed by atoms with Crippen LogP contribution in [0.1, 0.15) is 84.2 Å². The number of carbonyl (C=O) groups is 1. The molecule has 3 aromatic carbocycles. The molecular formula is C32H38F3NO4. The number of hydrogen-bond acceptors (Lipinski definition) is 4. The molecule has 0 radical (unpaired) electrons. The molecule has 3 aromatic rings. The SMILES string of the molecule is CCCCCCC(Oc1ccc(OCc2cc(C)cc(C(F)(F)F)c2)cc1)c1ccc(C(=O)NCCCO)cc1. The zero-order valence-corrected chi connectivity index (χ0v) is 23.1. The van der Waals surface area contributed by atoms with Crippen LogP contribution in [0.25, 0.3) is 0 Å². The van der Waals surface area contributed by atoms with Crippen molar-refractivity contribution < 1.29 is 32.5 Å². The molecule has 0 aliphatic rings. The van der Waals surface area contributed by atoms with Gasteiger partial charge in [-0.2, -0.15) is 13.2 Å². The first-order valence-electron chi connectivity index (χ1n) is 13.8. The van der Waals surface area contributed by atoms with Crippen molar-refractivity contribution in [1.82, 2.24) is 5.32 Å². The van der Waals surface area contributed by atoms with Crippen LogP contribution in [0.2, 0.25) is 0 Å². The molecule has 1 unspecified atom stereocenters. The van der Waals surface area contributed by atoms with Crippen molar-refractivity contribution in [3.05, 3.63) is 94.5 Å². The number of rotatable bonds is 15. The predicted octanol–water partition coefficient (Wildman–Crippen LogP) is 7.80. The monoisotopic (exact) mass is 557 g/mol. The van der Waals surface area contributed by atoms with Gasteiger partial charge in [0.05, 0.1) is 5.56 Å². The van der Waals surface area contributed by atoms with E-state index >= 15 is 0 Å². The highest BCUT2D eigenvalue weighted by Crippen LogP contribution is 2.32. The Morgan fingerprint density at radius 1 is 0.925 bits per heavy atom. The minimum Gasteiger partial charge on any atom is -0.489 e. The van der Waals surface area contributed by atoms with Crippen molar-refractivity contribution in [2.45, 2.75) is 71.3 Å². The van der Waals surface area contributed by atoms with E-state index in [2.05, 4.69) is 12.2 Å². The second-order valence-electron chi connectivity index (χ2n) is 9.88. The lowest BCUT2D eigenvalue weighted by Gasteiger charge is -2.20. The summed E-state index contributed by atoms with van der Waals surface area (Å²) in [6.45, 7) is 4.25. The second-order valence-corrected chi connectivity index (χ2v) is 9.88. The minimum absolute atomic E-state index is 0.0188. The molecule has 40 heavy (non-hydrogen) atoms. The second kappa shape index (κ2) is 15.3. The maximum Gasteiger partial charge on any atom is 0.416 e. The average molecular weight is 558 g/mol. The van der Waals surface area contributed by atoms with Gasteiger partial charge in [-0.05, 0) is 85.8 Å². The molecule has 0 saturated heterocycles. The lowest BCUT2D eigenvalue weighted by Crippen LogP contribution is -2.25. The van der Waals surface area contributed by atoms with E-state index in [0.717, 1.165) is 49.8 Å². The Balaban J connectivity index is 1.65. The van der Waals surface area contributed by atoms with Gasteiger partial charge in [0.25, 0.3) is 5.91 Å². The van der Waals surface area contributed by atoms with E-state index in [0.29, 0.717) is 41.2 Å². The maximum absolute atomic E-state index is 13.1. The summed E-state index contributed by atoms with van der Waals surface area (Å²) < 4.78 is 51.5. The van der Waals surface area contributed by atoms with Gasteiger partial charge in [0, 0.05) is 18.7 Å². The molecule has 3 rings (SSSR count). The summed E-state index contributed by atoms with van der Waals surface area (Å²) >= 11 is 0. The number of halogens is 3. The summed E-state index contributed by atoms with van der Waals surface area (Å²) in [7, 11) is 0. The maximum atomic E-state index is 13.1. The fourth-order valence-electron chi connectivity index (χ4n) is 4.34. The van der Waals surface area contributed by atoms with Gasteiger partial charge in [-0.1, -0.05) is 49.9 Å². The van der Waals surface area contributed by atoms with Gasteiger partial charge >= 0.3 is 6.18 Å². The van der Waals surface area contributed by atoms with Crippen LogP contribution in [-0.4, -0.2) is 24.2 Å². The first-order valence-corrected chi connectivity index (χ1v) is 13.8. The molecule has 0 aromatic heterocycles. The van der Waals surface area contributed by atoms with Crippen LogP contribution in [0.15, 0.2) is 66.7 Å². The van der Waals surface area contributed by atoms with Crippen molar-refractivity contribution in [1.29, 1.82) is 0 Å². The molecule has 0 bridgehead atoms. The number of aryl methyl sites for hydroxylation is 1. The van der Waals surface area contributed by atoms with Crippen LogP contribution in [0.5, 0.6) is 11.5 Å². The molecule has 0 saturated carbocycles. The zero-order valence-electron chi connectivity index (χ0n) is 23.1. The molecule has 2 N–H and O–H groups in total. The Morgan fingerprint density at radius 2 is 1.62 bits per heavy atom. The van der Waals surface area contributed by atoms with Crippen molar-refractivity contribution >= 4 is 5.91 Å². The molecule has 1 amide bonds. The molecular weight excluding hydrogens is 519 g/mol. The van der Waals surface area contributed by atoms with Crippen LogP contribution < -0.4 is 14.8 Å². The fourth-order valence-corrected chi connectivity index (χ4v) is 4.34. The minimum atomic E-state index is -4.40. The molecule has 0 heterocycles. The molecule has 5 nitrogen and oxygen atoms in total. The van der Waals surface area contributed by atoms with E-state index in [-0.39, 0.29) is 25.2 Å². The number of alkyl halides is 3. The average Bonchev–Trinajstić information content (AvgIpc) is 2.93. The van der Waals surface area contributed by atoms with Crippen molar-refractivity contribution in [3.8, 4) is 11.5 Å². The number of carbonyl (C=O) groups excluding carboxylic acids is 1. The zero-order chi connectivity index (χ0) is 29.0. The van der Waals surface area contributed by atoms with Crippen LogP contribution >= 0.6 is 0 Å². The number of nitrogens with one attached hydrogen (secondary N) is 1. The van der Waals surface area contributed by atoms with Gasteiger partial charge < -0.3 is 19.9 Å². The lowest BCUT2D eigenvalue weighted by molar-refractivity contribution is -0.137. The summed E-state index contributed by atoms with van der Waals surface area (Å²) in [5.41, 5.74) is 1.80. The standard InChI is InChI=1S/C32H38F3NO4/c1-3-4-5-6-8-30(25-9-11-26(12-10-25)31(38)36-17-7-18-37)40-29-15-13-28(14-16-29)39-22-24-19-23(2)20-27(21-24)32(33,34)35/h9-16,19-21,30,37H,3-8,17-18,22H2,1-2H3,(H,36,38).